The standard InChI is InChI=1S/C2H5N5/c3-2-1-5-6-7(2)4/h1H,3-4H2. The van der Waals surface area contributed by atoms with Crippen LogP contribution >= 0.6 is 0 Å². The maximum atomic E-state index is 5.15. The van der Waals surface area contributed by atoms with Gasteiger partial charge in [-0.1, -0.05) is 0 Å². The predicted octanol–water partition coefficient (Wildman–Crippen LogP) is -1.43. The SMILES string of the molecule is Nc1cnnn1N. The van der Waals surface area contributed by atoms with Gasteiger partial charge < -0.3 is 11.6 Å². The maximum Gasteiger partial charge on any atom is 0.165 e. The van der Waals surface area contributed by atoms with Crippen LogP contribution in [0.4, 0.5) is 5.82 Å². The van der Waals surface area contributed by atoms with Gasteiger partial charge >= 0.3 is 0 Å². The molecule has 5 heteroatoms. The van der Waals surface area contributed by atoms with E-state index in [1.54, 1.807) is 0 Å². The fourth-order valence-electron chi connectivity index (χ4n) is 0.251. The van der Waals surface area contributed by atoms with E-state index in [9.17, 15) is 0 Å². The molecule has 1 aromatic heterocycles. The normalized spacial score (nSPS) is 9.14. The molecular weight excluding hydrogens is 94.1 g/mol. The lowest BCUT2D eigenvalue weighted by Crippen LogP contribution is -2.12. The molecule has 0 aliphatic carbocycles. The molecule has 1 aromatic rings. The van der Waals surface area contributed by atoms with Crippen LogP contribution in [0.3, 0.4) is 0 Å². The van der Waals surface area contributed by atoms with Crippen LogP contribution in [0.15, 0.2) is 6.20 Å². The number of hydrogen-bond donors (Lipinski definition) is 2. The highest BCUT2D eigenvalue weighted by atomic mass is 15.6. The quantitative estimate of drug-likeness (QED) is 0.391. The molecule has 1 heterocycles. The lowest BCUT2D eigenvalue weighted by atomic mass is 10.8. The van der Waals surface area contributed by atoms with E-state index >= 15 is 0 Å². The van der Waals surface area contributed by atoms with Crippen molar-refractivity contribution in [1.29, 1.82) is 0 Å². The summed E-state index contributed by atoms with van der Waals surface area (Å²) in [4.78, 5) is 1.00. The van der Waals surface area contributed by atoms with Crippen LogP contribution in [0.25, 0.3) is 0 Å². The van der Waals surface area contributed by atoms with Crippen molar-refractivity contribution in [2.24, 2.45) is 0 Å². The minimum Gasteiger partial charge on any atom is -0.381 e. The first-order valence-corrected chi connectivity index (χ1v) is 1.72. The van der Waals surface area contributed by atoms with Crippen molar-refractivity contribution >= 4 is 5.82 Å². The summed E-state index contributed by atoms with van der Waals surface area (Å²) in [6.07, 6.45) is 1.38. The Kier molecular flexibility index (Phi) is 0.619. The van der Waals surface area contributed by atoms with Crippen molar-refractivity contribution in [2.45, 2.75) is 0 Å². The number of aromatic nitrogens is 3. The van der Waals surface area contributed by atoms with Crippen LogP contribution in [-0.4, -0.2) is 15.1 Å². The van der Waals surface area contributed by atoms with Gasteiger partial charge in [-0.05, 0) is 5.21 Å². The summed E-state index contributed by atoms with van der Waals surface area (Å²) in [5.41, 5.74) is 5.15. The molecule has 0 bridgehead atoms. The van der Waals surface area contributed by atoms with Gasteiger partial charge in [0.2, 0.25) is 0 Å². The Balaban J connectivity index is 3.12. The van der Waals surface area contributed by atoms with Gasteiger partial charge in [-0.3, -0.25) is 0 Å². The minimum atomic E-state index is 0.361. The molecule has 4 N–H and O–H groups in total. The second kappa shape index (κ2) is 1.11. The third kappa shape index (κ3) is 0.466. The van der Waals surface area contributed by atoms with E-state index in [1.807, 2.05) is 0 Å². The number of hydrogen-bond acceptors (Lipinski definition) is 4. The van der Waals surface area contributed by atoms with Gasteiger partial charge in [-0.25, -0.2) is 0 Å². The highest BCUT2D eigenvalue weighted by molar-refractivity contribution is 5.21. The van der Waals surface area contributed by atoms with E-state index in [4.69, 9.17) is 11.6 Å². The van der Waals surface area contributed by atoms with Crippen molar-refractivity contribution in [1.82, 2.24) is 15.1 Å². The zero-order chi connectivity index (χ0) is 5.28. The predicted molar refractivity (Wildman–Crippen MR) is 24.6 cm³/mol. The number of nitrogens with zero attached hydrogens (tertiary/aromatic N) is 3. The molecule has 5 nitrogen and oxygen atoms in total. The Bertz CT molecular complexity index is 138. The second-order valence-electron chi connectivity index (χ2n) is 1.10. The van der Waals surface area contributed by atoms with Gasteiger partial charge in [0.1, 0.15) is 0 Å². The first kappa shape index (κ1) is 3.91. The zero-order valence-electron chi connectivity index (χ0n) is 3.57. The Morgan fingerprint density at radius 1 is 1.71 bits per heavy atom. The van der Waals surface area contributed by atoms with Gasteiger partial charge in [-0.2, -0.15) is 0 Å². The molecule has 0 atom stereocenters. The van der Waals surface area contributed by atoms with E-state index in [0.717, 1.165) is 4.79 Å². The fourth-order valence-corrected chi connectivity index (χ4v) is 0.251. The van der Waals surface area contributed by atoms with Gasteiger partial charge in [-0.15, -0.1) is 9.89 Å². The summed E-state index contributed by atoms with van der Waals surface area (Å²) in [5.74, 6) is 5.42. The summed E-state index contributed by atoms with van der Waals surface area (Å²) in [7, 11) is 0. The molecular formula is C2H5N5. The van der Waals surface area contributed by atoms with Crippen molar-refractivity contribution in [2.75, 3.05) is 11.6 Å². The lowest BCUT2D eigenvalue weighted by Gasteiger charge is -1.85. The first-order chi connectivity index (χ1) is 3.30. The van der Waals surface area contributed by atoms with E-state index in [0.29, 0.717) is 5.82 Å². The maximum absolute atomic E-state index is 5.15. The van der Waals surface area contributed by atoms with Crippen LogP contribution < -0.4 is 11.6 Å². The Labute approximate surface area is 39.9 Å². The fraction of sp³-hybridized carbons (Fsp3) is 0. The van der Waals surface area contributed by atoms with Gasteiger partial charge in [0, 0.05) is 0 Å². The van der Waals surface area contributed by atoms with Crippen LogP contribution in [-0.2, 0) is 0 Å². The molecule has 7 heavy (non-hydrogen) atoms. The van der Waals surface area contributed by atoms with Crippen molar-refractivity contribution in [3.8, 4) is 0 Å². The van der Waals surface area contributed by atoms with Crippen molar-refractivity contribution in [3.05, 3.63) is 6.20 Å². The Hall–Kier alpha value is -1.26. The number of nitrogen functional groups attached to an aromatic ring is 2. The summed E-state index contributed by atoms with van der Waals surface area (Å²) < 4.78 is 0. The zero-order valence-corrected chi connectivity index (χ0v) is 3.57. The summed E-state index contributed by atoms with van der Waals surface area (Å²) >= 11 is 0. The van der Waals surface area contributed by atoms with Gasteiger partial charge in [0.25, 0.3) is 0 Å². The number of anilines is 1. The smallest absolute Gasteiger partial charge is 0.165 e. The molecule has 0 aliphatic heterocycles. The third-order valence-electron chi connectivity index (χ3n) is 0.603. The molecule has 38 valence electrons. The van der Waals surface area contributed by atoms with E-state index in [-0.39, 0.29) is 0 Å². The monoisotopic (exact) mass is 99.1 g/mol. The van der Waals surface area contributed by atoms with E-state index in [2.05, 4.69) is 10.3 Å². The molecule has 0 aromatic carbocycles. The van der Waals surface area contributed by atoms with Gasteiger partial charge in [0.05, 0.1) is 6.20 Å². The third-order valence-corrected chi connectivity index (χ3v) is 0.603. The van der Waals surface area contributed by atoms with Gasteiger partial charge in [0.15, 0.2) is 5.82 Å². The molecule has 0 saturated heterocycles. The molecule has 0 fully saturated rings. The Morgan fingerprint density at radius 2 is 2.43 bits per heavy atom. The van der Waals surface area contributed by atoms with Crippen LogP contribution in [0, 0.1) is 0 Å². The average molecular weight is 99.1 g/mol. The first-order valence-electron chi connectivity index (χ1n) is 1.72. The number of nitrogens with two attached hydrogens (primary N) is 2. The number of rotatable bonds is 0. The van der Waals surface area contributed by atoms with E-state index < -0.39 is 0 Å². The topological polar surface area (TPSA) is 82.8 Å². The molecule has 0 radical (unpaired) electrons. The van der Waals surface area contributed by atoms with Crippen molar-refractivity contribution < 1.29 is 0 Å². The largest absolute Gasteiger partial charge is 0.381 e. The molecule has 0 spiro atoms. The van der Waals surface area contributed by atoms with Crippen LogP contribution in [0.1, 0.15) is 0 Å². The average Bonchev–Trinajstić information content (AvgIpc) is 1.91. The highest BCUT2D eigenvalue weighted by Crippen LogP contribution is 1.86. The minimum absolute atomic E-state index is 0.361. The summed E-state index contributed by atoms with van der Waals surface area (Å²) in [6, 6.07) is 0. The molecule has 0 aliphatic rings. The molecule has 0 saturated carbocycles. The molecule has 1 rings (SSSR count). The summed E-state index contributed by atoms with van der Waals surface area (Å²) in [5, 5.41) is 6.72. The van der Waals surface area contributed by atoms with Crippen LogP contribution in [0.2, 0.25) is 0 Å². The lowest BCUT2D eigenvalue weighted by molar-refractivity contribution is 0.772. The van der Waals surface area contributed by atoms with Crippen molar-refractivity contribution in [3.63, 3.8) is 0 Å². The highest BCUT2D eigenvalue weighted by Gasteiger charge is 1.87. The molecule has 0 unspecified atom stereocenters. The second-order valence-corrected chi connectivity index (χ2v) is 1.10. The molecule has 0 amide bonds. The summed E-state index contributed by atoms with van der Waals surface area (Å²) in [6.45, 7) is 0. The van der Waals surface area contributed by atoms with Crippen LogP contribution in [0.5, 0.6) is 0 Å². The van der Waals surface area contributed by atoms with E-state index in [1.165, 1.54) is 6.20 Å². The Morgan fingerprint density at radius 3 is 2.57 bits per heavy atom.